The molecular weight excluding hydrogens is 316 g/mol. The molecule has 0 saturated carbocycles. The van der Waals surface area contributed by atoms with Crippen molar-refractivity contribution in [3.63, 3.8) is 0 Å². The zero-order valence-electron chi connectivity index (χ0n) is 14.3. The number of ketones is 1. The number of carbonyl (C=O) groups is 2. The van der Waals surface area contributed by atoms with Gasteiger partial charge in [-0.2, -0.15) is 0 Å². The van der Waals surface area contributed by atoms with Crippen LogP contribution in [0.25, 0.3) is 0 Å². The fourth-order valence-corrected chi connectivity index (χ4v) is 3.50. The molecule has 4 heteroatoms. The summed E-state index contributed by atoms with van der Waals surface area (Å²) in [6.07, 6.45) is 3.00. The molecule has 25 heavy (non-hydrogen) atoms. The molecule has 130 valence electrons. The first kappa shape index (κ1) is 17.2. The summed E-state index contributed by atoms with van der Waals surface area (Å²) in [5, 5.41) is 10.3. The standard InChI is InChI=1S/C21H22O4/c1-2-25-20(23)12-16-10-6-9-15-11-19(22)18(13-17(15)16)21(24)14-7-4-3-5-8-14/h3-5,7-8,11,13,16,22H,2,6,9-10,12H2,1H3. The lowest BCUT2D eigenvalue weighted by atomic mass is 9.79. The van der Waals surface area contributed by atoms with Crippen LogP contribution in [0, 0.1) is 0 Å². The van der Waals surface area contributed by atoms with Crippen LogP contribution in [0.4, 0.5) is 0 Å². The van der Waals surface area contributed by atoms with Gasteiger partial charge in [0.15, 0.2) is 5.78 Å². The van der Waals surface area contributed by atoms with Gasteiger partial charge in [0, 0.05) is 5.56 Å². The smallest absolute Gasteiger partial charge is 0.306 e. The topological polar surface area (TPSA) is 63.6 Å². The van der Waals surface area contributed by atoms with Crippen molar-refractivity contribution in [2.75, 3.05) is 6.61 Å². The fourth-order valence-electron chi connectivity index (χ4n) is 3.50. The quantitative estimate of drug-likeness (QED) is 0.661. The van der Waals surface area contributed by atoms with E-state index in [4.69, 9.17) is 4.74 Å². The molecule has 3 rings (SSSR count). The summed E-state index contributed by atoms with van der Waals surface area (Å²) in [6.45, 7) is 2.16. The molecule has 0 aromatic heterocycles. The maximum absolute atomic E-state index is 12.7. The molecule has 0 saturated heterocycles. The molecule has 0 radical (unpaired) electrons. The number of hydrogen-bond acceptors (Lipinski definition) is 4. The first-order valence-corrected chi connectivity index (χ1v) is 8.71. The highest BCUT2D eigenvalue weighted by atomic mass is 16.5. The lowest BCUT2D eigenvalue weighted by Crippen LogP contribution is -2.16. The Morgan fingerprint density at radius 2 is 1.96 bits per heavy atom. The molecule has 4 nitrogen and oxygen atoms in total. The van der Waals surface area contributed by atoms with Crippen LogP contribution in [0.5, 0.6) is 5.75 Å². The van der Waals surface area contributed by atoms with Gasteiger partial charge in [0.05, 0.1) is 18.6 Å². The molecule has 0 bridgehead atoms. The van der Waals surface area contributed by atoms with Crippen LogP contribution in [0.2, 0.25) is 0 Å². The molecule has 1 N–H and O–H groups in total. The third-order valence-corrected chi connectivity index (χ3v) is 4.70. The minimum Gasteiger partial charge on any atom is -0.507 e. The SMILES string of the molecule is CCOC(=O)CC1CCCc2cc(O)c(C(=O)c3ccccc3)cc21. The van der Waals surface area contributed by atoms with E-state index >= 15 is 0 Å². The maximum atomic E-state index is 12.7. The number of benzene rings is 2. The van der Waals surface area contributed by atoms with Crippen molar-refractivity contribution in [3.8, 4) is 5.75 Å². The van der Waals surface area contributed by atoms with Crippen molar-refractivity contribution in [2.24, 2.45) is 0 Å². The Kier molecular flexibility index (Phi) is 5.17. The van der Waals surface area contributed by atoms with Gasteiger partial charge in [-0.15, -0.1) is 0 Å². The lowest BCUT2D eigenvalue weighted by molar-refractivity contribution is -0.143. The highest BCUT2D eigenvalue weighted by Gasteiger charge is 2.26. The van der Waals surface area contributed by atoms with Gasteiger partial charge < -0.3 is 9.84 Å². The van der Waals surface area contributed by atoms with E-state index in [1.54, 1.807) is 43.3 Å². The number of phenols is 1. The number of hydrogen-bond donors (Lipinski definition) is 1. The lowest BCUT2D eigenvalue weighted by Gasteiger charge is -2.26. The second kappa shape index (κ2) is 7.51. The average molecular weight is 338 g/mol. The van der Waals surface area contributed by atoms with Crippen molar-refractivity contribution >= 4 is 11.8 Å². The molecule has 0 amide bonds. The van der Waals surface area contributed by atoms with Crippen molar-refractivity contribution in [1.29, 1.82) is 0 Å². The van der Waals surface area contributed by atoms with E-state index in [-0.39, 0.29) is 23.4 Å². The van der Waals surface area contributed by atoms with Gasteiger partial charge in [-0.05, 0) is 55.4 Å². The van der Waals surface area contributed by atoms with Gasteiger partial charge in [0.25, 0.3) is 0 Å². The predicted octanol–water partition coefficient (Wildman–Crippen LogP) is 4.00. The molecule has 2 aromatic carbocycles. The fraction of sp³-hybridized carbons (Fsp3) is 0.333. The average Bonchev–Trinajstić information content (AvgIpc) is 2.62. The Labute approximate surface area is 147 Å². The van der Waals surface area contributed by atoms with Crippen LogP contribution in [0.1, 0.15) is 59.2 Å². The first-order valence-electron chi connectivity index (χ1n) is 8.71. The zero-order chi connectivity index (χ0) is 17.8. The van der Waals surface area contributed by atoms with E-state index in [1.165, 1.54) is 0 Å². The van der Waals surface area contributed by atoms with E-state index in [9.17, 15) is 14.7 Å². The third kappa shape index (κ3) is 3.73. The number of aryl methyl sites for hydroxylation is 1. The summed E-state index contributed by atoms with van der Waals surface area (Å²) in [6, 6.07) is 12.4. The van der Waals surface area contributed by atoms with E-state index < -0.39 is 0 Å². The predicted molar refractivity (Wildman–Crippen MR) is 94.9 cm³/mol. The first-order chi connectivity index (χ1) is 12.1. The zero-order valence-corrected chi connectivity index (χ0v) is 14.3. The Morgan fingerprint density at radius 1 is 1.20 bits per heavy atom. The minimum atomic E-state index is -0.218. The monoisotopic (exact) mass is 338 g/mol. The summed E-state index contributed by atoms with van der Waals surface area (Å²) < 4.78 is 5.08. The number of esters is 1. The number of aromatic hydroxyl groups is 1. The third-order valence-electron chi connectivity index (χ3n) is 4.70. The molecule has 0 heterocycles. The molecule has 1 unspecified atom stereocenters. The van der Waals surface area contributed by atoms with Crippen LogP contribution in [0.3, 0.4) is 0 Å². The van der Waals surface area contributed by atoms with Gasteiger partial charge in [-0.3, -0.25) is 9.59 Å². The summed E-state index contributed by atoms with van der Waals surface area (Å²) in [5.74, 6) is -0.388. The summed E-state index contributed by atoms with van der Waals surface area (Å²) in [7, 11) is 0. The minimum absolute atomic E-state index is 0.00406. The molecule has 1 atom stereocenters. The van der Waals surface area contributed by atoms with Crippen LogP contribution in [-0.4, -0.2) is 23.5 Å². The van der Waals surface area contributed by atoms with Crippen LogP contribution in [-0.2, 0) is 16.0 Å². The highest BCUT2D eigenvalue weighted by molar-refractivity contribution is 6.10. The highest BCUT2D eigenvalue weighted by Crippen LogP contribution is 2.38. The summed E-state index contributed by atoms with van der Waals surface area (Å²) >= 11 is 0. The largest absolute Gasteiger partial charge is 0.507 e. The van der Waals surface area contributed by atoms with Gasteiger partial charge in [-0.1, -0.05) is 30.3 Å². The van der Waals surface area contributed by atoms with Crippen molar-refractivity contribution in [1.82, 2.24) is 0 Å². The Balaban J connectivity index is 1.95. The number of fused-ring (bicyclic) bond motifs is 1. The van der Waals surface area contributed by atoms with Crippen LogP contribution in [0.15, 0.2) is 42.5 Å². The Bertz CT molecular complexity index is 780. The van der Waals surface area contributed by atoms with Crippen LogP contribution >= 0.6 is 0 Å². The molecular formula is C21H22O4. The summed E-state index contributed by atoms with van der Waals surface area (Å²) in [4.78, 5) is 24.6. The van der Waals surface area contributed by atoms with Crippen molar-refractivity contribution < 1.29 is 19.4 Å². The van der Waals surface area contributed by atoms with E-state index in [1.807, 2.05) is 6.07 Å². The molecule has 0 fully saturated rings. The molecule has 1 aliphatic rings. The van der Waals surface area contributed by atoms with E-state index in [0.717, 1.165) is 30.4 Å². The molecule has 0 spiro atoms. The van der Waals surface area contributed by atoms with E-state index in [2.05, 4.69) is 0 Å². The van der Waals surface area contributed by atoms with Crippen molar-refractivity contribution in [2.45, 2.75) is 38.5 Å². The Hall–Kier alpha value is -2.62. The normalized spacial score (nSPS) is 16.1. The van der Waals surface area contributed by atoms with Gasteiger partial charge >= 0.3 is 5.97 Å². The maximum Gasteiger partial charge on any atom is 0.306 e. The second-order valence-corrected chi connectivity index (χ2v) is 6.36. The number of carbonyl (C=O) groups excluding carboxylic acids is 2. The van der Waals surface area contributed by atoms with Gasteiger partial charge in [0.2, 0.25) is 0 Å². The van der Waals surface area contributed by atoms with Crippen LogP contribution < -0.4 is 0 Å². The van der Waals surface area contributed by atoms with Crippen molar-refractivity contribution in [3.05, 3.63) is 64.7 Å². The summed E-state index contributed by atoms with van der Waals surface area (Å²) in [5.41, 5.74) is 2.83. The van der Waals surface area contributed by atoms with E-state index in [0.29, 0.717) is 24.2 Å². The molecule has 0 aliphatic heterocycles. The van der Waals surface area contributed by atoms with Gasteiger partial charge in [0.1, 0.15) is 5.75 Å². The number of rotatable bonds is 5. The molecule has 2 aromatic rings. The van der Waals surface area contributed by atoms with Gasteiger partial charge in [-0.25, -0.2) is 0 Å². The second-order valence-electron chi connectivity index (χ2n) is 6.36. The Morgan fingerprint density at radius 3 is 2.68 bits per heavy atom. The number of ether oxygens (including phenoxy) is 1. The molecule has 1 aliphatic carbocycles. The number of phenolic OH excluding ortho intramolecular Hbond substituents is 1.